The van der Waals surface area contributed by atoms with Crippen LogP contribution in [0.25, 0.3) is 0 Å². The predicted molar refractivity (Wildman–Crippen MR) is 78.8 cm³/mol. The minimum atomic E-state index is 0.570. The summed E-state index contributed by atoms with van der Waals surface area (Å²) < 4.78 is 0. The molecule has 0 aromatic heterocycles. The summed E-state index contributed by atoms with van der Waals surface area (Å²) in [4.78, 5) is 0. The molecule has 1 saturated carbocycles. The van der Waals surface area contributed by atoms with Crippen molar-refractivity contribution in [1.82, 2.24) is 5.32 Å². The lowest BCUT2D eigenvalue weighted by atomic mass is 9.88. The van der Waals surface area contributed by atoms with Crippen molar-refractivity contribution < 1.29 is 0 Å². The Hall–Kier alpha value is -0.820. The smallest absolute Gasteiger partial charge is 0.00421 e. The number of hydrogen-bond donors (Lipinski definition) is 1. The fourth-order valence-corrected chi connectivity index (χ4v) is 2.96. The molecule has 1 N–H and O–H groups in total. The molecule has 1 unspecified atom stereocenters. The van der Waals surface area contributed by atoms with E-state index in [1.165, 1.54) is 50.6 Å². The Bertz CT molecular complexity index is 338. The number of benzene rings is 1. The predicted octanol–water partition coefficient (Wildman–Crippen LogP) is 4.18. The summed E-state index contributed by atoms with van der Waals surface area (Å²) in [5.41, 5.74) is 2.03. The van der Waals surface area contributed by atoms with E-state index < -0.39 is 0 Å². The zero-order chi connectivity index (χ0) is 12.8. The lowest BCUT2D eigenvalue weighted by molar-refractivity contribution is 0.297. The Morgan fingerprint density at radius 3 is 2.50 bits per heavy atom. The van der Waals surface area contributed by atoms with Crippen LogP contribution in [0.1, 0.15) is 51.5 Å². The molecule has 2 rings (SSSR count). The largest absolute Gasteiger partial charge is 0.314 e. The van der Waals surface area contributed by atoms with Gasteiger partial charge in [0.15, 0.2) is 0 Å². The molecule has 1 aliphatic rings. The minimum absolute atomic E-state index is 0.570. The van der Waals surface area contributed by atoms with Crippen molar-refractivity contribution in [2.24, 2.45) is 5.41 Å². The third-order valence-electron chi connectivity index (χ3n) is 4.40. The highest BCUT2D eigenvalue weighted by atomic mass is 14.9. The van der Waals surface area contributed by atoms with Crippen LogP contribution in [0.3, 0.4) is 0 Å². The molecule has 1 aromatic rings. The van der Waals surface area contributed by atoms with Gasteiger partial charge in [-0.25, -0.2) is 0 Å². The van der Waals surface area contributed by atoms with E-state index in [2.05, 4.69) is 49.5 Å². The molecule has 0 spiro atoms. The highest BCUT2D eigenvalue weighted by Crippen LogP contribution is 2.36. The van der Waals surface area contributed by atoms with Crippen LogP contribution >= 0.6 is 0 Å². The monoisotopic (exact) mass is 245 g/mol. The molecule has 0 bridgehead atoms. The summed E-state index contributed by atoms with van der Waals surface area (Å²) in [5, 5.41) is 3.74. The van der Waals surface area contributed by atoms with Gasteiger partial charge in [-0.05, 0) is 43.6 Å². The first kappa shape index (κ1) is 13.6. The molecule has 0 aliphatic heterocycles. The van der Waals surface area contributed by atoms with Gasteiger partial charge in [-0.2, -0.15) is 0 Å². The molecule has 0 saturated heterocycles. The molecule has 1 nitrogen and oxygen atoms in total. The molecule has 0 heterocycles. The second-order valence-electron chi connectivity index (χ2n) is 6.32. The van der Waals surface area contributed by atoms with Crippen LogP contribution in [-0.2, 0) is 6.42 Å². The van der Waals surface area contributed by atoms with Gasteiger partial charge in [0.2, 0.25) is 0 Å². The van der Waals surface area contributed by atoms with Crippen molar-refractivity contribution in [3.8, 4) is 0 Å². The summed E-state index contributed by atoms with van der Waals surface area (Å²) in [6, 6.07) is 11.4. The van der Waals surface area contributed by atoms with Crippen LogP contribution in [0.4, 0.5) is 0 Å². The van der Waals surface area contributed by atoms with Crippen LogP contribution < -0.4 is 5.32 Å². The van der Waals surface area contributed by atoms with E-state index in [0.717, 1.165) is 0 Å². The molecule has 0 radical (unpaired) electrons. The van der Waals surface area contributed by atoms with E-state index in [9.17, 15) is 0 Å². The Morgan fingerprint density at radius 1 is 1.17 bits per heavy atom. The second kappa shape index (κ2) is 6.38. The van der Waals surface area contributed by atoms with Crippen molar-refractivity contribution in [3.63, 3.8) is 0 Å². The minimum Gasteiger partial charge on any atom is -0.314 e. The van der Waals surface area contributed by atoms with E-state index >= 15 is 0 Å². The van der Waals surface area contributed by atoms with Crippen LogP contribution in [0.5, 0.6) is 0 Å². The zero-order valence-electron chi connectivity index (χ0n) is 11.9. The maximum Gasteiger partial charge on any atom is 0.00421 e. The molecule has 1 aromatic carbocycles. The summed E-state index contributed by atoms with van der Waals surface area (Å²) in [5.74, 6) is 0. The van der Waals surface area contributed by atoms with E-state index in [1.807, 2.05) is 0 Å². The standard InChI is InChI=1S/C17H27N/c1-15(10-11-16-8-4-3-5-9-16)18-14-17(2)12-6-7-13-17/h3-5,8-9,15,18H,6-7,10-14H2,1-2H3. The Balaban J connectivity index is 1.67. The molecule has 1 aliphatic carbocycles. The highest BCUT2D eigenvalue weighted by molar-refractivity contribution is 5.14. The van der Waals surface area contributed by atoms with Gasteiger partial charge in [0.25, 0.3) is 0 Å². The summed E-state index contributed by atoms with van der Waals surface area (Å²) >= 11 is 0. The van der Waals surface area contributed by atoms with Crippen LogP contribution in [0.2, 0.25) is 0 Å². The summed E-state index contributed by atoms with van der Waals surface area (Å²) in [6.07, 6.45) is 8.09. The molecule has 1 fully saturated rings. The van der Waals surface area contributed by atoms with Crippen LogP contribution in [-0.4, -0.2) is 12.6 Å². The van der Waals surface area contributed by atoms with Gasteiger partial charge in [0, 0.05) is 12.6 Å². The average Bonchev–Trinajstić information content (AvgIpc) is 2.83. The number of aryl methyl sites for hydroxylation is 1. The SMILES string of the molecule is CC(CCc1ccccc1)NCC1(C)CCCC1. The Morgan fingerprint density at radius 2 is 1.83 bits per heavy atom. The van der Waals surface area contributed by atoms with Crippen molar-refractivity contribution in [1.29, 1.82) is 0 Å². The van der Waals surface area contributed by atoms with Gasteiger partial charge in [0.05, 0.1) is 0 Å². The Kier molecular flexibility index (Phi) is 4.82. The number of nitrogens with one attached hydrogen (secondary N) is 1. The first-order valence-corrected chi connectivity index (χ1v) is 7.45. The molecule has 100 valence electrons. The van der Waals surface area contributed by atoms with Crippen molar-refractivity contribution in [2.45, 2.75) is 58.4 Å². The third kappa shape index (κ3) is 4.13. The van der Waals surface area contributed by atoms with Gasteiger partial charge < -0.3 is 5.32 Å². The quantitative estimate of drug-likeness (QED) is 0.793. The van der Waals surface area contributed by atoms with Gasteiger partial charge in [-0.15, -0.1) is 0 Å². The fourth-order valence-electron chi connectivity index (χ4n) is 2.96. The summed E-state index contributed by atoms with van der Waals surface area (Å²) in [7, 11) is 0. The molecule has 0 amide bonds. The average molecular weight is 245 g/mol. The van der Waals surface area contributed by atoms with E-state index in [4.69, 9.17) is 0 Å². The molecular weight excluding hydrogens is 218 g/mol. The maximum atomic E-state index is 3.74. The lowest BCUT2D eigenvalue weighted by Crippen LogP contribution is -2.35. The maximum absolute atomic E-state index is 3.74. The van der Waals surface area contributed by atoms with Gasteiger partial charge in [-0.1, -0.05) is 50.1 Å². The van der Waals surface area contributed by atoms with E-state index in [0.29, 0.717) is 11.5 Å². The second-order valence-corrected chi connectivity index (χ2v) is 6.32. The van der Waals surface area contributed by atoms with E-state index in [-0.39, 0.29) is 0 Å². The van der Waals surface area contributed by atoms with E-state index in [1.54, 1.807) is 0 Å². The first-order valence-electron chi connectivity index (χ1n) is 7.45. The van der Waals surface area contributed by atoms with Gasteiger partial charge in [0.1, 0.15) is 0 Å². The zero-order valence-corrected chi connectivity index (χ0v) is 11.9. The van der Waals surface area contributed by atoms with Gasteiger partial charge >= 0.3 is 0 Å². The van der Waals surface area contributed by atoms with Crippen LogP contribution in [0.15, 0.2) is 30.3 Å². The van der Waals surface area contributed by atoms with Crippen LogP contribution in [0, 0.1) is 5.41 Å². The highest BCUT2D eigenvalue weighted by Gasteiger charge is 2.28. The number of hydrogen-bond acceptors (Lipinski definition) is 1. The fraction of sp³-hybridized carbons (Fsp3) is 0.647. The van der Waals surface area contributed by atoms with Crippen molar-refractivity contribution in [2.75, 3.05) is 6.54 Å². The molecular formula is C17H27N. The number of rotatable bonds is 6. The summed E-state index contributed by atoms with van der Waals surface area (Å²) in [6.45, 7) is 5.96. The normalized spacial score (nSPS) is 19.9. The first-order chi connectivity index (χ1) is 8.68. The lowest BCUT2D eigenvalue weighted by Gasteiger charge is -2.26. The van der Waals surface area contributed by atoms with Crippen molar-refractivity contribution >= 4 is 0 Å². The molecule has 18 heavy (non-hydrogen) atoms. The Labute approximate surface area is 112 Å². The van der Waals surface area contributed by atoms with Crippen molar-refractivity contribution in [3.05, 3.63) is 35.9 Å². The topological polar surface area (TPSA) is 12.0 Å². The molecule has 1 heteroatoms. The van der Waals surface area contributed by atoms with Gasteiger partial charge in [-0.3, -0.25) is 0 Å². The molecule has 1 atom stereocenters. The third-order valence-corrected chi connectivity index (χ3v) is 4.40.